The largest absolute Gasteiger partial charge is 0.368 e. The van der Waals surface area contributed by atoms with Gasteiger partial charge in [-0.25, -0.2) is 0 Å². The van der Waals surface area contributed by atoms with Gasteiger partial charge in [0, 0.05) is 35.2 Å². The van der Waals surface area contributed by atoms with Gasteiger partial charge in [0.25, 0.3) is 5.69 Å². The maximum Gasteiger partial charge on any atom is 0.273 e. The second-order valence-electron chi connectivity index (χ2n) is 6.19. The van der Waals surface area contributed by atoms with Crippen LogP contribution in [0.25, 0.3) is 0 Å². The van der Waals surface area contributed by atoms with Gasteiger partial charge in [-0.2, -0.15) is 0 Å². The van der Waals surface area contributed by atoms with Crippen molar-refractivity contribution in [1.29, 1.82) is 0 Å². The van der Waals surface area contributed by atoms with Gasteiger partial charge in [-0.05, 0) is 30.9 Å². The Labute approximate surface area is 134 Å². The van der Waals surface area contributed by atoms with Crippen LogP contribution in [0.5, 0.6) is 0 Å². The Kier molecular flexibility index (Phi) is 5.62. The molecule has 1 aromatic rings. The minimum Gasteiger partial charge on any atom is -0.368 e. The summed E-state index contributed by atoms with van der Waals surface area (Å²) < 4.78 is 0. The van der Waals surface area contributed by atoms with E-state index in [9.17, 15) is 10.1 Å². The molecular formula is C16H23BrN2O2. The van der Waals surface area contributed by atoms with E-state index in [0.717, 1.165) is 17.8 Å². The molecule has 1 aromatic carbocycles. The Morgan fingerprint density at radius 1 is 1.38 bits per heavy atom. The molecular weight excluding hydrogens is 332 g/mol. The van der Waals surface area contributed by atoms with Crippen molar-refractivity contribution in [3.05, 3.63) is 33.9 Å². The van der Waals surface area contributed by atoms with Crippen molar-refractivity contribution < 1.29 is 4.92 Å². The van der Waals surface area contributed by atoms with Crippen LogP contribution in [0.4, 0.5) is 11.4 Å². The second-order valence-corrected chi connectivity index (χ2v) is 6.75. The minimum atomic E-state index is -0.303. The minimum absolute atomic E-state index is 0.201. The Morgan fingerprint density at radius 3 is 2.57 bits per heavy atom. The van der Waals surface area contributed by atoms with E-state index in [-0.39, 0.29) is 10.6 Å². The van der Waals surface area contributed by atoms with Crippen LogP contribution in [0.3, 0.4) is 0 Å². The Morgan fingerprint density at radius 2 is 2.05 bits per heavy atom. The number of hydrogen-bond donors (Lipinski definition) is 0. The average molecular weight is 355 g/mol. The molecule has 21 heavy (non-hydrogen) atoms. The van der Waals surface area contributed by atoms with Crippen molar-refractivity contribution in [1.82, 2.24) is 0 Å². The molecule has 1 fully saturated rings. The summed E-state index contributed by atoms with van der Waals surface area (Å²) in [6.07, 6.45) is 5.04. The lowest BCUT2D eigenvalue weighted by atomic mass is 10.1. The summed E-state index contributed by atoms with van der Waals surface area (Å²) in [5.74, 6) is 0.577. The first kappa shape index (κ1) is 16.3. The zero-order valence-electron chi connectivity index (χ0n) is 12.7. The predicted octanol–water partition coefficient (Wildman–Crippen LogP) is 4.89. The number of alkyl halides is 1. The third-order valence-corrected chi connectivity index (χ3v) is 4.67. The first-order valence-electron chi connectivity index (χ1n) is 7.63. The molecule has 2 rings (SSSR count). The maximum absolute atomic E-state index is 11.1. The molecule has 0 amide bonds. The first-order valence-corrected chi connectivity index (χ1v) is 8.75. The lowest BCUT2D eigenvalue weighted by molar-refractivity contribution is -0.385. The molecule has 0 unspecified atom stereocenters. The van der Waals surface area contributed by atoms with Gasteiger partial charge in [0.1, 0.15) is 0 Å². The molecule has 1 aliphatic rings. The molecule has 0 spiro atoms. The van der Waals surface area contributed by atoms with Crippen molar-refractivity contribution in [2.24, 2.45) is 5.92 Å². The lowest BCUT2D eigenvalue weighted by Gasteiger charge is -2.33. The topological polar surface area (TPSA) is 46.4 Å². The monoisotopic (exact) mass is 354 g/mol. The zero-order valence-corrected chi connectivity index (χ0v) is 14.3. The van der Waals surface area contributed by atoms with Gasteiger partial charge in [0.05, 0.1) is 4.92 Å². The van der Waals surface area contributed by atoms with E-state index in [1.54, 1.807) is 6.07 Å². The molecule has 1 saturated carbocycles. The van der Waals surface area contributed by atoms with Crippen LogP contribution in [-0.2, 0) is 5.33 Å². The maximum atomic E-state index is 11.1. The Bertz CT molecular complexity index is 499. The molecule has 0 saturated heterocycles. The van der Waals surface area contributed by atoms with Crippen molar-refractivity contribution in [2.75, 3.05) is 11.4 Å². The number of rotatable bonds is 6. The number of nitrogens with zero attached hydrogens (tertiary/aromatic N) is 2. The van der Waals surface area contributed by atoms with Gasteiger partial charge in [-0.1, -0.05) is 42.6 Å². The predicted molar refractivity (Wildman–Crippen MR) is 90.2 cm³/mol. The van der Waals surface area contributed by atoms with Gasteiger partial charge in [0.15, 0.2) is 0 Å². The standard InChI is InChI=1S/C16H23BrN2O2/c1-12(2)11-18(14-5-3-4-6-14)15-7-8-16(19(20)21)13(9-15)10-17/h7-9,12,14H,3-6,10-11H2,1-2H3. The van der Waals surface area contributed by atoms with Gasteiger partial charge in [-0.15, -0.1) is 0 Å². The Balaban J connectivity index is 2.32. The molecule has 116 valence electrons. The number of hydrogen-bond acceptors (Lipinski definition) is 3. The third-order valence-electron chi connectivity index (χ3n) is 4.06. The molecule has 0 radical (unpaired) electrons. The van der Waals surface area contributed by atoms with E-state index < -0.39 is 0 Å². The summed E-state index contributed by atoms with van der Waals surface area (Å²) in [5, 5.41) is 11.6. The summed E-state index contributed by atoms with van der Waals surface area (Å²) in [6, 6.07) is 6.12. The number of anilines is 1. The molecule has 0 aromatic heterocycles. The van der Waals surface area contributed by atoms with Crippen molar-refractivity contribution in [3.8, 4) is 0 Å². The number of nitro groups is 1. The SMILES string of the molecule is CC(C)CN(c1ccc([N+](=O)[O-])c(CBr)c1)C1CCCC1. The van der Waals surface area contributed by atoms with Crippen LogP contribution in [0.1, 0.15) is 45.1 Å². The lowest BCUT2D eigenvalue weighted by Crippen LogP contribution is -2.36. The fraction of sp³-hybridized carbons (Fsp3) is 0.625. The highest BCUT2D eigenvalue weighted by Gasteiger charge is 2.25. The highest BCUT2D eigenvalue weighted by molar-refractivity contribution is 9.08. The van der Waals surface area contributed by atoms with E-state index in [0.29, 0.717) is 17.3 Å². The molecule has 5 heteroatoms. The van der Waals surface area contributed by atoms with E-state index in [1.807, 2.05) is 12.1 Å². The summed E-state index contributed by atoms with van der Waals surface area (Å²) >= 11 is 3.37. The molecule has 0 aliphatic heterocycles. The van der Waals surface area contributed by atoms with Crippen LogP contribution in [0, 0.1) is 16.0 Å². The average Bonchev–Trinajstić information content (AvgIpc) is 2.97. The van der Waals surface area contributed by atoms with E-state index >= 15 is 0 Å². The van der Waals surface area contributed by atoms with E-state index in [4.69, 9.17) is 0 Å². The molecule has 0 bridgehead atoms. The fourth-order valence-electron chi connectivity index (χ4n) is 3.11. The number of benzene rings is 1. The van der Waals surface area contributed by atoms with Crippen LogP contribution in [-0.4, -0.2) is 17.5 Å². The van der Waals surface area contributed by atoms with E-state index in [1.165, 1.54) is 25.7 Å². The van der Waals surface area contributed by atoms with Gasteiger partial charge < -0.3 is 4.90 Å². The fourth-order valence-corrected chi connectivity index (χ4v) is 3.56. The normalized spacial score (nSPS) is 15.6. The molecule has 4 nitrogen and oxygen atoms in total. The third kappa shape index (κ3) is 3.96. The quantitative estimate of drug-likeness (QED) is 0.414. The smallest absolute Gasteiger partial charge is 0.273 e. The molecule has 1 aliphatic carbocycles. The highest BCUT2D eigenvalue weighted by Crippen LogP contribution is 2.32. The van der Waals surface area contributed by atoms with Crippen LogP contribution in [0.2, 0.25) is 0 Å². The number of nitro benzene ring substituents is 1. The highest BCUT2D eigenvalue weighted by atomic mass is 79.9. The first-order chi connectivity index (χ1) is 10.0. The molecule has 0 heterocycles. The van der Waals surface area contributed by atoms with E-state index in [2.05, 4.69) is 34.7 Å². The number of halogens is 1. The van der Waals surface area contributed by atoms with Crippen LogP contribution >= 0.6 is 15.9 Å². The van der Waals surface area contributed by atoms with Crippen molar-refractivity contribution in [3.63, 3.8) is 0 Å². The summed E-state index contributed by atoms with van der Waals surface area (Å²) in [7, 11) is 0. The van der Waals surface area contributed by atoms with Gasteiger partial charge in [-0.3, -0.25) is 10.1 Å². The Hall–Kier alpha value is -1.10. The summed E-state index contributed by atoms with van der Waals surface area (Å²) in [4.78, 5) is 13.2. The van der Waals surface area contributed by atoms with Gasteiger partial charge in [0.2, 0.25) is 0 Å². The van der Waals surface area contributed by atoms with Crippen molar-refractivity contribution in [2.45, 2.75) is 50.9 Å². The molecule has 0 atom stereocenters. The van der Waals surface area contributed by atoms with Crippen LogP contribution in [0.15, 0.2) is 18.2 Å². The second kappa shape index (κ2) is 7.25. The van der Waals surface area contributed by atoms with Gasteiger partial charge >= 0.3 is 0 Å². The summed E-state index contributed by atoms with van der Waals surface area (Å²) in [5.41, 5.74) is 2.08. The summed E-state index contributed by atoms with van der Waals surface area (Å²) in [6.45, 7) is 5.45. The van der Waals surface area contributed by atoms with Crippen LogP contribution < -0.4 is 4.90 Å². The molecule has 0 N–H and O–H groups in total. The zero-order chi connectivity index (χ0) is 15.4. The van der Waals surface area contributed by atoms with Crippen molar-refractivity contribution >= 4 is 27.3 Å².